The van der Waals surface area contributed by atoms with Crippen LogP contribution in [-0.2, 0) is 24.8 Å². The van der Waals surface area contributed by atoms with E-state index in [-0.39, 0.29) is 5.41 Å². The Bertz CT molecular complexity index is 788. The van der Waals surface area contributed by atoms with E-state index in [1.807, 2.05) is 18.4 Å². The van der Waals surface area contributed by atoms with Gasteiger partial charge in [0.1, 0.15) is 11.6 Å². The van der Waals surface area contributed by atoms with E-state index in [0.29, 0.717) is 0 Å². The standard InChI is InChI=1S/C22H34N6S/c1-23-21(24-14-11-20-27-26-19-10-4-2-7-15-28(19)20)25-17-22(12-5-3-6-13-22)18-9-8-16-29-18/h8-9,16H,2-7,10-15,17H2,1H3,(H2,23,24,25). The molecule has 158 valence electrons. The van der Waals surface area contributed by atoms with Crippen LogP contribution >= 0.6 is 11.3 Å². The molecule has 1 fully saturated rings. The molecule has 0 radical (unpaired) electrons. The smallest absolute Gasteiger partial charge is 0.191 e. The molecule has 1 saturated carbocycles. The number of aliphatic imine (C=N–C) groups is 1. The van der Waals surface area contributed by atoms with Crippen molar-refractivity contribution in [3.63, 3.8) is 0 Å². The largest absolute Gasteiger partial charge is 0.356 e. The van der Waals surface area contributed by atoms with Crippen molar-refractivity contribution in [1.29, 1.82) is 0 Å². The van der Waals surface area contributed by atoms with E-state index in [4.69, 9.17) is 0 Å². The van der Waals surface area contributed by atoms with Crippen LogP contribution < -0.4 is 10.6 Å². The first-order valence-corrected chi connectivity index (χ1v) is 12.1. The highest BCUT2D eigenvalue weighted by atomic mass is 32.1. The molecule has 29 heavy (non-hydrogen) atoms. The van der Waals surface area contributed by atoms with Crippen LogP contribution in [0.5, 0.6) is 0 Å². The average Bonchev–Trinajstić information content (AvgIpc) is 3.37. The normalized spacial score (nSPS) is 19.4. The van der Waals surface area contributed by atoms with Crippen molar-refractivity contribution in [2.45, 2.75) is 76.2 Å². The molecule has 0 amide bonds. The minimum Gasteiger partial charge on any atom is -0.356 e. The van der Waals surface area contributed by atoms with Crippen molar-refractivity contribution in [2.75, 3.05) is 20.1 Å². The first-order chi connectivity index (χ1) is 14.3. The molecule has 1 aliphatic carbocycles. The zero-order chi connectivity index (χ0) is 19.9. The zero-order valence-electron chi connectivity index (χ0n) is 17.6. The summed E-state index contributed by atoms with van der Waals surface area (Å²) in [4.78, 5) is 5.98. The molecule has 2 aromatic rings. The molecule has 1 aliphatic heterocycles. The summed E-state index contributed by atoms with van der Waals surface area (Å²) in [7, 11) is 1.86. The molecule has 2 aromatic heterocycles. The molecular formula is C22H34N6S. The van der Waals surface area contributed by atoms with E-state index >= 15 is 0 Å². The molecule has 0 saturated heterocycles. The summed E-state index contributed by atoms with van der Waals surface area (Å²) in [5.74, 6) is 3.16. The second-order valence-electron chi connectivity index (χ2n) is 8.42. The number of nitrogens with zero attached hydrogens (tertiary/aromatic N) is 4. The predicted molar refractivity (Wildman–Crippen MR) is 120 cm³/mol. The van der Waals surface area contributed by atoms with Gasteiger partial charge in [-0.25, -0.2) is 0 Å². The van der Waals surface area contributed by atoms with Crippen LogP contribution in [0.1, 0.15) is 67.9 Å². The molecule has 4 rings (SSSR count). The third-order valence-electron chi connectivity index (χ3n) is 6.50. The van der Waals surface area contributed by atoms with Gasteiger partial charge in [-0.05, 0) is 37.1 Å². The maximum atomic E-state index is 4.46. The quantitative estimate of drug-likeness (QED) is 0.559. The average molecular weight is 415 g/mol. The highest BCUT2D eigenvalue weighted by Crippen LogP contribution is 2.41. The first-order valence-electron chi connectivity index (χ1n) is 11.2. The monoisotopic (exact) mass is 414 g/mol. The highest BCUT2D eigenvalue weighted by Gasteiger charge is 2.34. The number of hydrogen-bond acceptors (Lipinski definition) is 4. The lowest BCUT2D eigenvalue weighted by Crippen LogP contribution is -2.46. The Morgan fingerprint density at radius 1 is 1.14 bits per heavy atom. The van der Waals surface area contributed by atoms with Gasteiger partial charge in [-0.2, -0.15) is 0 Å². The van der Waals surface area contributed by atoms with Gasteiger partial charge in [-0.3, -0.25) is 4.99 Å². The minimum absolute atomic E-state index is 0.258. The van der Waals surface area contributed by atoms with E-state index in [9.17, 15) is 0 Å². The molecule has 0 bridgehead atoms. The van der Waals surface area contributed by atoms with Gasteiger partial charge in [0.05, 0.1) is 0 Å². The van der Waals surface area contributed by atoms with Crippen LogP contribution in [0.3, 0.4) is 0 Å². The van der Waals surface area contributed by atoms with E-state index < -0.39 is 0 Å². The Morgan fingerprint density at radius 2 is 2.00 bits per heavy atom. The summed E-state index contributed by atoms with van der Waals surface area (Å²) in [6.07, 6.45) is 12.3. The summed E-state index contributed by atoms with van der Waals surface area (Å²) < 4.78 is 2.33. The van der Waals surface area contributed by atoms with Gasteiger partial charge in [0.15, 0.2) is 5.96 Å². The lowest BCUT2D eigenvalue weighted by atomic mass is 9.73. The summed E-state index contributed by atoms with van der Waals surface area (Å²) in [6, 6.07) is 4.50. The maximum absolute atomic E-state index is 4.46. The number of aromatic nitrogens is 3. The fraction of sp³-hybridized carbons (Fsp3) is 0.682. The van der Waals surface area contributed by atoms with Crippen molar-refractivity contribution >= 4 is 17.3 Å². The van der Waals surface area contributed by atoms with Crippen LogP contribution in [0.15, 0.2) is 22.5 Å². The summed E-state index contributed by atoms with van der Waals surface area (Å²) in [6.45, 7) is 2.84. The van der Waals surface area contributed by atoms with Crippen molar-refractivity contribution in [2.24, 2.45) is 4.99 Å². The van der Waals surface area contributed by atoms with Gasteiger partial charge in [0.2, 0.25) is 0 Å². The van der Waals surface area contributed by atoms with Crippen LogP contribution in [0, 0.1) is 0 Å². The summed E-state index contributed by atoms with van der Waals surface area (Å²) >= 11 is 1.90. The Balaban J connectivity index is 1.31. The minimum atomic E-state index is 0.258. The Hall–Kier alpha value is -1.89. The molecule has 6 nitrogen and oxygen atoms in total. The van der Waals surface area contributed by atoms with Gasteiger partial charge in [-0.15, -0.1) is 21.5 Å². The Labute approximate surface area is 178 Å². The van der Waals surface area contributed by atoms with Crippen LogP contribution in [0.25, 0.3) is 0 Å². The number of hydrogen-bond donors (Lipinski definition) is 2. The number of rotatable bonds is 6. The molecule has 0 spiro atoms. The molecular weight excluding hydrogens is 380 g/mol. The van der Waals surface area contributed by atoms with Crippen LogP contribution in [-0.4, -0.2) is 40.9 Å². The molecule has 3 heterocycles. The summed E-state index contributed by atoms with van der Waals surface area (Å²) in [5.41, 5.74) is 0.258. The Kier molecular flexibility index (Phi) is 6.85. The fourth-order valence-corrected chi connectivity index (χ4v) is 5.80. The van der Waals surface area contributed by atoms with Gasteiger partial charge in [-0.1, -0.05) is 31.7 Å². The fourth-order valence-electron chi connectivity index (χ4n) is 4.82. The number of guanidine groups is 1. The number of thiophene rings is 1. The SMILES string of the molecule is CN=C(NCCc1nnc2n1CCCCC2)NCC1(c2cccs2)CCCCC1. The molecule has 0 unspecified atom stereocenters. The topological polar surface area (TPSA) is 67.1 Å². The first kappa shape index (κ1) is 20.4. The number of fused-ring (bicyclic) bond motifs is 1. The number of aryl methyl sites for hydroxylation is 1. The predicted octanol–water partition coefficient (Wildman–Crippen LogP) is 3.68. The zero-order valence-corrected chi connectivity index (χ0v) is 18.4. The molecule has 2 N–H and O–H groups in total. The van der Waals surface area contributed by atoms with E-state index in [2.05, 4.69) is 47.9 Å². The lowest BCUT2D eigenvalue weighted by Gasteiger charge is -2.37. The lowest BCUT2D eigenvalue weighted by molar-refractivity contribution is 0.296. The molecule has 2 aliphatic rings. The maximum Gasteiger partial charge on any atom is 0.191 e. The third-order valence-corrected chi connectivity index (χ3v) is 7.62. The van der Waals surface area contributed by atoms with Gasteiger partial charge >= 0.3 is 0 Å². The van der Waals surface area contributed by atoms with Crippen molar-refractivity contribution in [1.82, 2.24) is 25.4 Å². The molecule has 7 heteroatoms. The van der Waals surface area contributed by atoms with Crippen molar-refractivity contribution in [3.05, 3.63) is 34.0 Å². The van der Waals surface area contributed by atoms with E-state index in [1.54, 1.807) is 0 Å². The van der Waals surface area contributed by atoms with Gasteiger partial charge in [0, 0.05) is 49.8 Å². The molecule has 0 atom stereocenters. The van der Waals surface area contributed by atoms with Crippen molar-refractivity contribution in [3.8, 4) is 0 Å². The van der Waals surface area contributed by atoms with Crippen LogP contribution in [0.2, 0.25) is 0 Å². The van der Waals surface area contributed by atoms with Gasteiger partial charge < -0.3 is 15.2 Å². The van der Waals surface area contributed by atoms with Gasteiger partial charge in [0.25, 0.3) is 0 Å². The Morgan fingerprint density at radius 3 is 2.79 bits per heavy atom. The molecule has 0 aromatic carbocycles. The van der Waals surface area contributed by atoms with Crippen molar-refractivity contribution < 1.29 is 0 Å². The third kappa shape index (κ3) is 4.82. The van der Waals surface area contributed by atoms with E-state index in [0.717, 1.165) is 50.1 Å². The van der Waals surface area contributed by atoms with Crippen LogP contribution in [0.4, 0.5) is 0 Å². The van der Waals surface area contributed by atoms with E-state index in [1.165, 1.54) is 56.2 Å². The second kappa shape index (κ2) is 9.74. The summed E-state index contributed by atoms with van der Waals surface area (Å²) in [5, 5.41) is 18.2. The second-order valence-corrected chi connectivity index (χ2v) is 9.36. The highest BCUT2D eigenvalue weighted by molar-refractivity contribution is 7.10. The number of nitrogens with one attached hydrogen (secondary N) is 2.